The van der Waals surface area contributed by atoms with Crippen LogP contribution in [0.4, 0.5) is 0 Å². The molecule has 1 aliphatic carbocycles. The summed E-state index contributed by atoms with van der Waals surface area (Å²) in [7, 11) is 0. The molecule has 1 aliphatic rings. The average molecular weight is 265 g/mol. The largest absolute Gasteiger partial charge is 0.335 e. The second-order valence-corrected chi connectivity index (χ2v) is 4.72. The Hall–Kier alpha value is -2.38. The fourth-order valence-electron chi connectivity index (χ4n) is 2.68. The smallest absolute Gasteiger partial charge is 0.257 e. The van der Waals surface area contributed by atoms with Crippen LogP contribution in [0.5, 0.6) is 0 Å². The van der Waals surface area contributed by atoms with Gasteiger partial charge in [-0.05, 0) is 19.1 Å². The minimum Gasteiger partial charge on any atom is -0.335 e. The highest BCUT2D eigenvalue weighted by molar-refractivity contribution is 5.78. The van der Waals surface area contributed by atoms with Gasteiger partial charge in [-0.1, -0.05) is 35.4 Å². The van der Waals surface area contributed by atoms with Crippen LogP contribution in [0.3, 0.4) is 0 Å². The first kappa shape index (κ1) is 12.6. The van der Waals surface area contributed by atoms with Crippen molar-refractivity contribution in [3.8, 4) is 11.8 Å². The van der Waals surface area contributed by atoms with E-state index in [0.717, 1.165) is 11.1 Å². The third-order valence-corrected chi connectivity index (χ3v) is 3.63. The highest BCUT2D eigenvalue weighted by Gasteiger charge is 2.40. The fraction of sp³-hybridized carbons (Fsp3) is 0.250. The minimum atomic E-state index is -0.549. The Morgan fingerprint density at radius 2 is 2.35 bits per heavy atom. The van der Waals surface area contributed by atoms with Crippen molar-refractivity contribution in [3.05, 3.63) is 48.3 Å². The second-order valence-electron chi connectivity index (χ2n) is 4.72. The predicted molar refractivity (Wildman–Crippen MR) is 77.8 cm³/mol. The normalized spacial score (nSPS) is 24.6. The fourth-order valence-corrected chi connectivity index (χ4v) is 2.68. The number of nitrogens with zero attached hydrogens (tertiary/aromatic N) is 2. The number of nitrogens with two attached hydrogens (primary N) is 1. The molecular weight excluding hydrogens is 250 g/mol. The molecule has 4 heteroatoms. The van der Waals surface area contributed by atoms with E-state index in [1.54, 1.807) is 6.20 Å². The first-order valence-electron chi connectivity index (χ1n) is 6.52. The Balaban J connectivity index is 2.27. The number of fused-ring (bicyclic) bond motifs is 1. The molecule has 0 aromatic carbocycles. The van der Waals surface area contributed by atoms with Gasteiger partial charge in [-0.25, -0.2) is 4.98 Å². The van der Waals surface area contributed by atoms with Crippen molar-refractivity contribution < 1.29 is 4.52 Å². The SMILES string of the molecule is CC#CC1(c2noc3ncccc23)C=CC=CC1CN. The van der Waals surface area contributed by atoms with E-state index in [1.165, 1.54) is 0 Å². The summed E-state index contributed by atoms with van der Waals surface area (Å²) in [5.74, 6) is 6.34. The van der Waals surface area contributed by atoms with Crippen LogP contribution in [0.25, 0.3) is 11.1 Å². The van der Waals surface area contributed by atoms with Crippen molar-refractivity contribution in [2.75, 3.05) is 6.54 Å². The van der Waals surface area contributed by atoms with Crippen LogP contribution >= 0.6 is 0 Å². The Bertz CT molecular complexity index is 748. The van der Waals surface area contributed by atoms with Crippen molar-refractivity contribution in [1.29, 1.82) is 0 Å². The molecule has 2 unspecified atom stereocenters. The van der Waals surface area contributed by atoms with E-state index in [9.17, 15) is 0 Å². The lowest BCUT2D eigenvalue weighted by molar-refractivity contribution is 0.403. The molecule has 20 heavy (non-hydrogen) atoms. The molecule has 4 nitrogen and oxygen atoms in total. The molecule has 0 spiro atoms. The monoisotopic (exact) mass is 265 g/mol. The van der Waals surface area contributed by atoms with Gasteiger partial charge in [-0.15, -0.1) is 5.92 Å². The van der Waals surface area contributed by atoms with Gasteiger partial charge >= 0.3 is 0 Å². The molecule has 0 saturated carbocycles. The molecule has 0 aliphatic heterocycles. The van der Waals surface area contributed by atoms with Crippen LogP contribution < -0.4 is 5.73 Å². The molecule has 0 radical (unpaired) electrons. The predicted octanol–water partition coefficient (Wildman–Crippen LogP) is 2.18. The molecule has 2 heterocycles. The summed E-state index contributed by atoms with van der Waals surface area (Å²) in [6.07, 6.45) is 9.78. The molecule has 0 saturated heterocycles. The van der Waals surface area contributed by atoms with Crippen molar-refractivity contribution >= 4 is 11.1 Å². The maximum atomic E-state index is 5.93. The average Bonchev–Trinajstić information content (AvgIpc) is 2.92. The topological polar surface area (TPSA) is 64.9 Å². The van der Waals surface area contributed by atoms with Gasteiger partial charge in [-0.3, -0.25) is 0 Å². The van der Waals surface area contributed by atoms with Crippen LogP contribution in [0.1, 0.15) is 12.6 Å². The second kappa shape index (κ2) is 4.95. The highest BCUT2D eigenvalue weighted by Crippen LogP contribution is 2.39. The molecule has 0 amide bonds. The van der Waals surface area contributed by atoms with Gasteiger partial charge in [0.25, 0.3) is 5.71 Å². The van der Waals surface area contributed by atoms with E-state index in [1.807, 2.05) is 37.3 Å². The van der Waals surface area contributed by atoms with E-state index in [-0.39, 0.29) is 5.92 Å². The third-order valence-electron chi connectivity index (χ3n) is 3.63. The third kappa shape index (κ3) is 1.75. The Labute approximate surface area is 117 Å². The van der Waals surface area contributed by atoms with Crippen molar-refractivity contribution in [1.82, 2.24) is 10.1 Å². The van der Waals surface area contributed by atoms with E-state index in [4.69, 9.17) is 10.3 Å². The first-order chi connectivity index (χ1) is 9.81. The number of hydrogen-bond acceptors (Lipinski definition) is 4. The quantitative estimate of drug-likeness (QED) is 0.845. The Kier molecular flexibility index (Phi) is 3.13. The summed E-state index contributed by atoms with van der Waals surface area (Å²) in [5.41, 5.74) is 6.69. The molecule has 2 aromatic heterocycles. The van der Waals surface area contributed by atoms with E-state index >= 15 is 0 Å². The molecule has 3 rings (SSSR count). The lowest BCUT2D eigenvalue weighted by Gasteiger charge is -2.31. The maximum absolute atomic E-state index is 5.93. The van der Waals surface area contributed by atoms with Crippen molar-refractivity contribution in [2.24, 2.45) is 11.7 Å². The van der Waals surface area contributed by atoms with Gasteiger partial charge in [0.2, 0.25) is 0 Å². The zero-order valence-electron chi connectivity index (χ0n) is 11.2. The molecule has 0 bridgehead atoms. The van der Waals surface area contributed by atoms with Crippen molar-refractivity contribution in [3.63, 3.8) is 0 Å². The zero-order valence-corrected chi connectivity index (χ0v) is 11.2. The lowest BCUT2D eigenvalue weighted by Crippen LogP contribution is -2.37. The summed E-state index contributed by atoms with van der Waals surface area (Å²) in [5, 5.41) is 5.11. The Morgan fingerprint density at radius 3 is 3.15 bits per heavy atom. The van der Waals surface area contributed by atoms with Gasteiger partial charge in [0.05, 0.1) is 5.39 Å². The highest BCUT2D eigenvalue weighted by atomic mass is 16.5. The maximum Gasteiger partial charge on any atom is 0.257 e. The summed E-state index contributed by atoms with van der Waals surface area (Å²) in [4.78, 5) is 4.19. The number of rotatable bonds is 2. The molecular formula is C16H15N3O. The summed E-state index contributed by atoms with van der Waals surface area (Å²) >= 11 is 0. The van der Waals surface area contributed by atoms with Crippen LogP contribution in [0, 0.1) is 17.8 Å². The zero-order chi connectivity index (χ0) is 14.0. The minimum absolute atomic E-state index is 0.0634. The van der Waals surface area contributed by atoms with Crippen LogP contribution in [-0.2, 0) is 5.41 Å². The summed E-state index contributed by atoms with van der Waals surface area (Å²) in [6.45, 7) is 2.31. The van der Waals surface area contributed by atoms with Crippen LogP contribution in [-0.4, -0.2) is 16.7 Å². The van der Waals surface area contributed by atoms with Gasteiger partial charge in [0.1, 0.15) is 11.1 Å². The van der Waals surface area contributed by atoms with E-state index in [0.29, 0.717) is 12.3 Å². The van der Waals surface area contributed by atoms with Gasteiger partial charge < -0.3 is 10.3 Å². The van der Waals surface area contributed by atoms with E-state index in [2.05, 4.69) is 28.1 Å². The summed E-state index contributed by atoms with van der Waals surface area (Å²) < 4.78 is 5.34. The van der Waals surface area contributed by atoms with Gasteiger partial charge in [0.15, 0.2) is 0 Å². The molecule has 2 atom stereocenters. The molecule has 2 N–H and O–H groups in total. The van der Waals surface area contributed by atoms with E-state index < -0.39 is 5.41 Å². The van der Waals surface area contributed by atoms with Gasteiger partial charge in [-0.2, -0.15) is 0 Å². The molecule has 100 valence electrons. The number of aromatic nitrogens is 2. The van der Waals surface area contributed by atoms with Gasteiger partial charge in [0, 0.05) is 18.7 Å². The van der Waals surface area contributed by atoms with Crippen molar-refractivity contribution in [2.45, 2.75) is 12.3 Å². The Morgan fingerprint density at radius 1 is 1.45 bits per heavy atom. The number of hydrogen-bond donors (Lipinski definition) is 1. The molecule has 2 aromatic rings. The standard InChI is InChI=1S/C16H15N3O/c1-2-8-16(9-4-3-6-12(16)11-17)14-13-7-5-10-18-15(13)20-19-14/h3-7,9-10,12H,11,17H2,1H3. The molecule has 0 fully saturated rings. The van der Waals surface area contributed by atoms with Crippen LogP contribution in [0.2, 0.25) is 0 Å². The number of pyridine rings is 1. The number of allylic oxidation sites excluding steroid dienone is 3. The first-order valence-corrected chi connectivity index (χ1v) is 6.52. The van der Waals surface area contributed by atoms with Crippen LogP contribution in [0.15, 0.2) is 47.2 Å². The lowest BCUT2D eigenvalue weighted by atomic mass is 9.70. The summed E-state index contributed by atoms with van der Waals surface area (Å²) in [6, 6.07) is 3.82.